The number of aromatic nitrogens is 3. The van der Waals surface area contributed by atoms with Crippen LogP contribution in [0, 0.1) is 6.92 Å². The van der Waals surface area contributed by atoms with Crippen molar-refractivity contribution in [3.63, 3.8) is 0 Å². The number of benzene rings is 1. The quantitative estimate of drug-likeness (QED) is 0.875. The van der Waals surface area contributed by atoms with Crippen molar-refractivity contribution < 1.29 is 4.79 Å². The highest BCUT2D eigenvalue weighted by atomic mass is 16.2. The van der Waals surface area contributed by atoms with E-state index in [2.05, 4.69) is 34.2 Å². The highest BCUT2D eigenvalue weighted by Gasteiger charge is 2.43. The molecule has 1 aromatic heterocycles. The molecule has 4 rings (SSSR count). The van der Waals surface area contributed by atoms with Gasteiger partial charge in [-0.15, -0.1) is 0 Å². The molecule has 2 aromatic rings. The molecular weight excluding hydrogens is 288 g/mol. The van der Waals surface area contributed by atoms with Gasteiger partial charge in [-0.1, -0.05) is 29.8 Å². The first-order chi connectivity index (χ1) is 11.2. The molecule has 5 nitrogen and oxygen atoms in total. The molecule has 2 aliphatic rings. The topological polar surface area (TPSA) is 51.0 Å². The molecule has 2 fully saturated rings. The largest absolute Gasteiger partial charge is 0.336 e. The van der Waals surface area contributed by atoms with Crippen LogP contribution in [0.15, 0.2) is 36.7 Å². The number of nitrogens with zero attached hydrogens (tertiary/aromatic N) is 4. The Balaban J connectivity index is 1.47. The molecular formula is C18H22N4O. The smallest absolute Gasteiger partial charge is 0.227 e. The van der Waals surface area contributed by atoms with E-state index in [0.29, 0.717) is 24.5 Å². The Hall–Kier alpha value is -2.17. The van der Waals surface area contributed by atoms with Crippen LogP contribution in [-0.4, -0.2) is 37.9 Å². The summed E-state index contributed by atoms with van der Waals surface area (Å²) in [5, 5.41) is 8.57. The van der Waals surface area contributed by atoms with Gasteiger partial charge in [0.2, 0.25) is 5.91 Å². The van der Waals surface area contributed by atoms with Crippen molar-refractivity contribution in [3.05, 3.63) is 47.8 Å². The first-order valence-corrected chi connectivity index (χ1v) is 8.43. The predicted octanol–water partition coefficient (Wildman–Crippen LogP) is 2.52. The molecule has 2 aliphatic heterocycles. The van der Waals surface area contributed by atoms with Crippen molar-refractivity contribution in [1.29, 1.82) is 0 Å². The van der Waals surface area contributed by atoms with Crippen molar-refractivity contribution in [1.82, 2.24) is 19.9 Å². The zero-order chi connectivity index (χ0) is 15.8. The maximum Gasteiger partial charge on any atom is 0.227 e. The van der Waals surface area contributed by atoms with Crippen molar-refractivity contribution in [2.75, 3.05) is 0 Å². The van der Waals surface area contributed by atoms with Gasteiger partial charge in [0.05, 0.1) is 24.9 Å². The summed E-state index contributed by atoms with van der Waals surface area (Å²) in [6, 6.07) is 9.30. The number of aryl methyl sites for hydroxylation is 1. The van der Waals surface area contributed by atoms with E-state index < -0.39 is 0 Å². The van der Waals surface area contributed by atoms with Crippen LogP contribution in [0.4, 0.5) is 0 Å². The Morgan fingerprint density at radius 3 is 2.48 bits per heavy atom. The molecule has 2 unspecified atom stereocenters. The fourth-order valence-corrected chi connectivity index (χ4v) is 4.25. The van der Waals surface area contributed by atoms with Gasteiger partial charge in [-0.25, -0.2) is 0 Å². The molecule has 23 heavy (non-hydrogen) atoms. The molecule has 0 spiro atoms. The summed E-state index contributed by atoms with van der Waals surface area (Å²) in [4.78, 5) is 16.8. The molecule has 2 saturated heterocycles. The standard InChI is InChI=1S/C18H22N4O/c1-13-3-2-4-14(9-13)10-18(23)21-15-5-6-16(21)12-17(11-15)22-19-7-8-20-22/h2-4,7-9,15-17H,5-6,10-12H2,1H3. The second kappa shape index (κ2) is 5.80. The molecule has 1 aromatic carbocycles. The van der Waals surface area contributed by atoms with Gasteiger partial charge >= 0.3 is 0 Å². The Bertz CT molecular complexity index is 683. The van der Waals surface area contributed by atoms with E-state index in [4.69, 9.17) is 0 Å². The average molecular weight is 310 g/mol. The van der Waals surface area contributed by atoms with Gasteiger partial charge in [0.15, 0.2) is 0 Å². The minimum absolute atomic E-state index is 0.273. The number of fused-ring (bicyclic) bond motifs is 2. The van der Waals surface area contributed by atoms with Crippen LogP contribution in [0.25, 0.3) is 0 Å². The van der Waals surface area contributed by atoms with Crippen LogP contribution in [0.3, 0.4) is 0 Å². The maximum absolute atomic E-state index is 12.8. The molecule has 0 N–H and O–H groups in total. The van der Waals surface area contributed by atoms with E-state index in [9.17, 15) is 4.79 Å². The average Bonchev–Trinajstić information content (AvgIpc) is 3.14. The molecule has 0 aliphatic carbocycles. The molecule has 1 amide bonds. The fraction of sp³-hybridized carbons (Fsp3) is 0.500. The number of carbonyl (C=O) groups excluding carboxylic acids is 1. The second-order valence-corrected chi connectivity index (χ2v) is 6.83. The molecule has 0 radical (unpaired) electrons. The SMILES string of the molecule is Cc1cccc(CC(=O)N2C3CCC2CC(n2nccn2)C3)c1. The van der Waals surface area contributed by atoms with Crippen molar-refractivity contribution in [2.45, 2.75) is 57.2 Å². The molecule has 120 valence electrons. The number of hydrogen-bond donors (Lipinski definition) is 0. The predicted molar refractivity (Wildman–Crippen MR) is 86.8 cm³/mol. The zero-order valence-electron chi connectivity index (χ0n) is 13.4. The van der Waals surface area contributed by atoms with E-state index >= 15 is 0 Å². The Labute approximate surface area is 136 Å². The number of hydrogen-bond acceptors (Lipinski definition) is 3. The zero-order valence-corrected chi connectivity index (χ0v) is 13.4. The van der Waals surface area contributed by atoms with Gasteiger partial charge < -0.3 is 4.90 Å². The van der Waals surface area contributed by atoms with Crippen LogP contribution < -0.4 is 0 Å². The molecule has 5 heteroatoms. The normalized spacial score (nSPS) is 26.5. The van der Waals surface area contributed by atoms with Crippen LogP contribution in [0.1, 0.15) is 42.9 Å². The first kappa shape index (κ1) is 14.4. The van der Waals surface area contributed by atoms with Crippen molar-refractivity contribution >= 4 is 5.91 Å². The summed E-state index contributed by atoms with van der Waals surface area (Å²) in [7, 11) is 0. The molecule has 2 bridgehead atoms. The van der Waals surface area contributed by atoms with Gasteiger partial charge in [0, 0.05) is 12.1 Å². The van der Waals surface area contributed by atoms with E-state index in [-0.39, 0.29) is 5.91 Å². The number of rotatable bonds is 3. The molecule has 0 saturated carbocycles. The lowest BCUT2D eigenvalue weighted by atomic mass is 9.96. The van der Waals surface area contributed by atoms with Crippen LogP contribution in [0.5, 0.6) is 0 Å². The van der Waals surface area contributed by atoms with Crippen LogP contribution in [0.2, 0.25) is 0 Å². The van der Waals surface area contributed by atoms with Gasteiger partial charge in [-0.2, -0.15) is 15.0 Å². The fourth-order valence-electron chi connectivity index (χ4n) is 4.25. The van der Waals surface area contributed by atoms with E-state index in [1.165, 1.54) is 5.56 Å². The summed E-state index contributed by atoms with van der Waals surface area (Å²) in [6.45, 7) is 2.07. The minimum atomic E-state index is 0.273. The van der Waals surface area contributed by atoms with E-state index in [1.54, 1.807) is 12.4 Å². The van der Waals surface area contributed by atoms with E-state index in [1.807, 2.05) is 16.9 Å². The second-order valence-electron chi connectivity index (χ2n) is 6.83. The van der Waals surface area contributed by atoms with Crippen molar-refractivity contribution in [2.24, 2.45) is 0 Å². The summed E-state index contributed by atoms with van der Waals surface area (Å²) < 4.78 is 0. The lowest BCUT2D eigenvalue weighted by Crippen LogP contribution is -2.47. The number of carbonyl (C=O) groups is 1. The monoisotopic (exact) mass is 310 g/mol. The third kappa shape index (κ3) is 2.76. The third-order valence-electron chi connectivity index (χ3n) is 5.20. The van der Waals surface area contributed by atoms with Gasteiger partial charge in [0.25, 0.3) is 0 Å². The Kier molecular flexibility index (Phi) is 3.63. The minimum Gasteiger partial charge on any atom is -0.336 e. The summed E-state index contributed by atoms with van der Waals surface area (Å²) in [5.41, 5.74) is 2.33. The molecule has 3 heterocycles. The lowest BCUT2D eigenvalue weighted by Gasteiger charge is -2.38. The van der Waals surface area contributed by atoms with Crippen molar-refractivity contribution in [3.8, 4) is 0 Å². The Morgan fingerprint density at radius 2 is 1.83 bits per heavy atom. The summed E-state index contributed by atoms with van der Waals surface area (Å²) in [5.74, 6) is 0.273. The third-order valence-corrected chi connectivity index (χ3v) is 5.20. The number of amides is 1. The number of piperidine rings is 1. The maximum atomic E-state index is 12.8. The van der Waals surface area contributed by atoms with Crippen LogP contribution in [-0.2, 0) is 11.2 Å². The summed E-state index contributed by atoms with van der Waals surface area (Å²) >= 11 is 0. The van der Waals surface area contributed by atoms with Crippen LogP contribution >= 0.6 is 0 Å². The van der Waals surface area contributed by atoms with Gasteiger partial charge in [-0.3, -0.25) is 4.79 Å². The highest BCUT2D eigenvalue weighted by Crippen LogP contribution is 2.40. The van der Waals surface area contributed by atoms with Gasteiger partial charge in [0.1, 0.15) is 0 Å². The lowest BCUT2D eigenvalue weighted by molar-refractivity contribution is -0.135. The first-order valence-electron chi connectivity index (χ1n) is 8.43. The van der Waals surface area contributed by atoms with E-state index in [0.717, 1.165) is 31.2 Å². The van der Waals surface area contributed by atoms with Gasteiger partial charge in [-0.05, 0) is 38.2 Å². The highest BCUT2D eigenvalue weighted by molar-refractivity contribution is 5.80. The Morgan fingerprint density at radius 1 is 1.13 bits per heavy atom. The summed E-state index contributed by atoms with van der Waals surface area (Å²) in [6.07, 6.45) is 8.16. The molecule has 2 atom stereocenters.